The molecule has 0 saturated heterocycles. The fourth-order valence-electron chi connectivity index (χ4n) is 3.16. The van der Waals surface area contributed by atoms with Gasteiger partial charge in [-0.05, 0) is 29.3 Å². The van der Waals surface area contributed by atoms with Crippen LogP contribution < -0.4 is 23.7 Å². The molecule has 0 heterocycles. The van der Waals surface area contributed by atoms with E-state index in [4.69, 9.17) is 18.9 Å². The van der Waals surface area contributed by atoms with E-state index in [9.17, 15) is 8.42 Å². The second kappa shape index (κ2) is 9.72. The molecule has 0 aliphatic rings. The number of sulfonamides is 1. The van der Waals surface area contributed by atoms with E-state index in [0.29, 0.717) is 34.1 Å². The maximum Gasteiger partial charge on any atom is 0.241 e. The van der Waals surface area contributed by atoms with Crippen molar-refractivity contribution in [1.82, 2.24) is 4.72 Å². The second-order valence-electron chi connectivity index (χ2n) is 6.58. The molecule has 0 spiro atoms. The van der Waals surface area contributed by atoms with Gasteiger partial charge in [-0.25, -0.2) is 13.1 Å². The molecule has 0 aromatic heterocycles. The number of methoxy groups -OCH3 is 4. The maximum atomic E-state index is 13.3. The van der Waals surface area contributed by atoms with Crippen LogP contribution >= 0.6 is 0 Å². The Labute approximate surface area is 182 Å². The fraction of sp³-hybridized carbons (Fsp3) is 0.217. The van der Waals surface area contributed by atoms with Crippen LogP contribution in [0, 0.1) is 0 Å². The Balaban J connectivity index is 2.12. The topological polar surface area (TPSA) is 83.1 Å². The first-order valence-corrected chi connectivity index (χ1v) is 10.9. The van der Waals surface area contributed by atoms with Gasteiger partial charge in [-0.1, -0.05) is 36.4 Å². The lowest BCUT2D eigenvalue weighted by Gasteiger charge is -2.17. The van der Waals surface area contributed by atoms with Gasteiger partial charge in [0.1, 0.15) is 0 Å². The van der Waals surface area contributed by atoms with Gasteiger partial charge < -0.3 is 18.9 Å². The summed E-state index contributed by atoms with van der Waals surface area (Å²) in [5, 5.41) is 0. The van der Waals surface area contributed by atoms with Gasteiger partial charge >= 0.3 is 0 Å². The molecule has 0 radical (unpaired) electrons. The van der Waals surface area contributed by atoms with Crippen molar-refractivity contribution in [3.63, 3.8) is 0 Å². The Morgan fingerprint density at radius 2 is 1.29 bits per heavy atom. The van der Waals surface area contributed by atoms with E-state index in [1.165, 1.54) is 34.5 Å². The molecule has 31 heavy (non-hydrogen) atoms. The van der Waals surface area contributed by atoms with Gasteiger partial charge in [0, 0.05) is 18.2 Å². The molecule has 7 nitrogen and oxygen atoms in total. The van der Waals surface area contributed by atoms with Crippen LogP contribution in [-0.2, 0) is 16.6 Å². The summed E-state index contributed by atoms with van der Waals surface area (Å²) in [6.07, 6.45) is 0. The van der Waals surface area contributed by atoms with Gasteiger partial charge in [0.2, 0.25) is 10.0 Å². The van der Waals surface area contributed by atoms with Crippen molar-refractivity contribution in [2.75, 3.05) is 28.4 Å². The lowest BCUT2D eigenvalue weighted by molar-refractivity contribution is 0.353. The molecule has 1 N–H and O–H groups in total. The Hall–Kier alpha value is -3.23. The molecule has 0 fully saturated rings. The van der Waals surface area contributed by atoms with E-state index in [1.807, 2.05) is 30.3 Å². The summed E-state index contributed by atoms with van der Waals surface area (Å²) in [4.78, 5) is 0.0632. The van der Waals surface area contributed by atoms with Crippen molar-refractivity contribution in [3.8, 4) is 34.1 Å². The predicted octanol–water partition coefficient (Wildman–Crippen LogP) is 3.87. The normalized spacial score (nSPS) is 11.1. The minimum absolute atomic E-state index is 0.0632. The third-order valence-electron chi connectivity index (χ3n) is 4.78. The third-order valence-corrected chi connectivity index (χ3v) is 6.22. The molecule has 164 valence electrons. The quantitative estimate of drug-likeness (QED) is 0.541. The first kappa shape index (κ1) is 22.5. The lowest BCUT2D eigenvalue weighted by atomic mass is 10.0. The van der Waals surface area contributed by atoms with Gasteiger partial charge in [-0.15, -0.1) is 0 Å². The standard InChI is InChI=1S/C23H25NO6S/c1-27-19-11-10-17(12-20(19)28-2)18-13-21(29-3)22(30-4)14-23(18)31(25,26)24-15-16-8-6-5-7-9-16/h5-14,24H,15H2,1-4H3. The molecule has 8 heteroatoms. The van der Waals surface area contributed by atoms with Crippen molar-refractivity contribution in [1.29, 1.82) is 0 Å². The molecule has 3 aromatic carbocycles. The van der Waals surface area contributed by atoms with Crippen molar-refractivity contribution in [2.24, 2.45) is 0 Å². The van der Waals surface area contributed by atoms with Crippen LogP contribution in [0.15, 0.2) is 65.6 Å². The molecule has 0 saturated carbocycles. The number of rotatable bonds is 9. The van der Waals surface area contributed by atoms with Crippen molar-refractivity contribution in [2.45, 2.75) is 11.4 Å². The van der Waals surface area contributed by atoms with Crippen LogP contribution in [0.1, 0.15) is 5.56 Å². The van der Waals surface area contributed by atoms with Gasteiger partial charge in [0.05, 0.1) is 33.3 Å². The average Bonchev–Trinajstić information content (AvgIpc) is 2.82. The molecule has 0 atom stereocenters. The molecule has 0 bridgehead atoms. The Morgan fingerprint density at radius 1 is 0.710 bits per heavy atom. The van der Waals surface area contributed by atoms with E-state index < -0.39 is 10.0 Å². The summed E-state index contributed by atoms with van der Waals surface area (Å²) in [6, 6.07) is 17.6. The van der Waals surface area contributed by atoms with E-state index in [2.05, 4.69) is 4.72 Å². The van der Waals surface area contributed by atoms with Gasteiger partial charge in [-0.2, -0.15) is 0 Å². The van der Waals surface area contributed by atoms with Gasteiger partial charge in [0.25, 0.3) is 0 Å². The number of nitrogens with one attached hydrogen (secondary N) is 1. The average molecular weight is 444 g/mol. The van der Waals surface area contributed by atoms with Gasteiger partial charge in [0.15, 0.2) is 23.0 Å². The highest BCUT2D eigenvalue weighted by Gasteiger charge is 2.24. The van der Waals surface area contributed by atoms with E-state index in [0.717, 1.165) is 5.56 Å². The largest absolute Gasteiger partial charge is 0.493 e. The molecule has 3 rings (SSSR count). The monoisotopic (exact) mass is 443 g/mol. The van der Waals surface area contributed by atoms with Crippen LogP contribution in [0.4, 0.5) is 0 Å². The van der Waals surface area contributed by atoms with Crippen molar-refractivity contribution >= 4 is 10.0 Å². The molecule has 0 aliphatic heterocycles. The van der Waals surface area contributed by atoms with Crippen LogP contribution in [-0.4, -0.2) is 36.9 Å². The number of benzene rings is 3. The third kappa shape index (κ3) is 4.92. The summed E-state index contributed by atoms with van der Waals surface area (Å²) >= 11 is 0. The smallest absolute Gasteiger partial charge is 0.241 e. The minimum atomic E-state index is -3.89. The summed E-state index contributed by atoms with van der Waals surface area (Å²) in [5.74, 6) is 1.75. The molecule has 0 aliphatic carbocycles. The molecule has 0 amide bonds. The van der Waals surface area contributed by atoms with E-state index in [1.54, 1.807) is 24.3 Å². The Bertz CT molecular complexity index is 1150. The first-order valence-electron chi connectivity index (χ1n) is 9.45. The first-order chi connectivity index (χ1) is 14.9. The van der Waals surface area contributed by atoms with Crippen LogP contribution in [0.5, 0.6) is 23.0 Å². The Kier molecular flexibility index (Phi) is 7.04. The predicted molar refractivity (Wildman–Crippen MR) is 119 cm³/mol. The summed E-state index contributed by atoms with van der Waals surface area (Å²) < 4.78 is 50.6. The summed E-state index contributed by atoms with van der Waals surface area (Å²) in [6.45, 7) is 0.156. The summed E-state index contributed by atoms with van der Waals surface area (Å²) in [5.41, 5.74) is 1.91. The Morgan fingerprint density at radius 3 is 1.90 bits per heavy atom. The zero-order valence-corrected chi connectivity index (χ0v) is 18.7. The number of hydrogen-bond donors (Lipinski definition) is 1. The van der Waals surface area contributed by atoms with Crippen molar-refractivity contribution in [3.05, 3.63) is 66.2 Å². The SMILES string of the molecule is COc1ccc(-c2cc(OC)c(OC)cc2S(=O)(=O)NCc2ccccc2)cc1OC. The zero-order chi connectivity index (χ0) is 22.4. The van der Waals surface area contributed by atoms with Crippen LogP contribution in [0.3, 0.4) is 0 Å². The van der Waals surface area contributed by atoms with Crippen LogP contribution in [0.2, 0.25) is 0 Å². The van der Waals surface area contributed by atoms with E-state index in [-0.39, 0.29) is 11.4 Å². The highest BCUT2D eigenvalue weighted by molar-refractivity contribution is 7.89. The second-order valence-corrected chi connectivity index (χ2v) is 8.32. The van der Waals surface area contributed by atoms with Crippen LogP contribution in [0.25, 0.3) is 11.1 Å². The minimum Gasteiger partial charge on any atom is -0.493 e. The molecule has 3 aromatic rings. The summed E-state index contributed by atoms with van der Waals surface area (Å²) in [7, 11) is 2.13. The maximum absolute atomic E-state index is 13.3. The molecular formula is C23H25NO6S. The molecular weight excluding hydrogens is 418 g/mol. The lowest BCUT2D eigenvalue weighted by Crippen LogP contribution is -2.24. The van der Waals surface area contributed by atoms with Crippen molar-refractivity contribution < 1.29 is 27.4 Å². The van der Waals surface area contributed by atoms with E-state index >= 15 is 0 Å². The highest BCUT2D eigenvalue weighted by Crippen LogP contribution is 2.40. The zero-order valence-electron chi connectivity index (χ0n) is 17.8. The van der Waals surface area contributed by atoms with Gasteiger partial charge in [-0.3, -0.25) is 0 Å². The number of hydrogen-bond acceptors (Lipinski definition) is 6. The fourth-order valence-corrected chi connectivity index (χ4v) is 4.40. The number of ether oxygens (including phenoxy) is 4. The molecule has 0 unspecified atom stereocenters. The highest BCUT2D eigenvalue weighted by atomic mass is 32.2.